The third kappa shape index (κ3) is 21.7. The van der Waals surface area contributed by atoms with E-state index in [1.807, 2.05) is 21.1 Å². The summed E-state index contributed by atoms with van der Waals surface area (Å²) >= 11 is 0. The lowest BCUT2D eigenvalue weighted by Crippen LogP contribution is -2.54. The molecule has 0 spiro atoms. The van der Waals surface area contributed by atoms with Crippen molar-refractivity contribution < 1.29 is 28.5 Å². The van der Waals surface area contributed by atoms with Crippen LogP contribution < -0.4 is 38.5 Å². The number of unbranched alkanes of at least 4 members (excludes halogenated alkanes) is 3. The molecule has 0 aromatic rings. The highest BCUT2D eigenvalue weighted by atomic mass is 16.2. The fraction of sp³-hybridized carbons (Fsp3) is 0.760. The highest BCUT2D eigenvalue weighted by molar-refractivity contribution is 5.93. The molecule has 42 heavy (non-hydrogen) atoms. The van der Waals surface area contributed by atoms with E-state index >= 15 is 0 Å². The van der Waals surface area contributed by atoms with Crippen molar-refractivity contribution in [3.8, 4) is 0 Å². The normalized spacial score (nSPS) is 12.2. The van der Waals surface area contributed by atoms with Gasteiger partial charge in [0.25, 0.3) is 0 Å². The van der Waals surface area contributed by atoms with Crippen molar-refractivity contribution in [1.82, 2.24) is 21.3 Å². The van der Waals surface area contributed by atoms with Gasteiger partial charge in [0, 0.05) is 24.4 Å². The van der Waals surface area contributed by atoms with Crippen LogP contribution in [0.5, 0.6) is 0 Å². The van der Waals surface area contributed by atoms with Crippen LogP contribution in [-0.2, 0) is 24.0 Å². The summed E-state index contributed by atoms with van der Waals surface area (Å²) in [4.78, 5) is 67.8. The third-order valence-corrected chi connectivity index (χ3v) is 5.92. The number of aliphatic imine (C=N–C) groups is 1. The van der Waals surface area contributed by atoms with E-state index in [0.717, 1.165) is 23.9 Å². The predicted molar refractivity (Wildman–Crippen MR) is 158 cm³/mol. The minimum Gasteiger partial charge on any atom is -0.370 e. The molecule has 0 unspecified atom stereocenters. The average molecular weight is 598 g/mol. The lowest BCUT2D eigenvalue weighted by Gasteiger charge is -2.25. The Bertz CT molecular complexity index is 956. The Morgan fingerprint density at radius 2 is 1.48 bits per heavy atom. The van der Waals surface area contributed by atoms with Crippen LogP contribution in [0.15, 0.2) is 10.1 Å². The number of guanidine groups is 1. The molecule has 0 aromatic heterocycles. The number of nitrogens with zero attached hydrogens (tertiary/aromatic N) is 5. The molecule has 2 atom stereocenters. The largest absolute Gasteiger partial charge is 0.370 e. The molecule has 0 saturated heterocycles. The molecular weight excluding hydrogens is 548 g/mol. The Kier molecular flexibility index (Phi) is 19.5. The summed E-state index contributed by atoms with van der Waals surface area (Å²) in [7, 11) is 6.14. The molecule has 0 bridgehead atoms. The number of hydrogen-bond acceptors (Lipinski definition) is 7. The molecule has 0 rings (SSSR count). The zero-order valence-corrected chi connectivity index (χ0v) is 25.1. The van der Waals surface area contributed by atoms with Crippen LogP contribution in [0.3, 0.4) is 0 Å². The molecule has 238 valence electrons. The topological polar surface area (TPSA) is 273 Å². The molecule has 5 amide bonds. The van der Waals surface area contributed by atoms with Crippen molar-refractivity contribution in [3.05, 3.63) is 10.4 Å². The lowest BCUT2D eigenvalue weighted by atomic mass is 10.1. The Hall–Kier alpha value is -4.11. The van der Waals surface area contributed by atoms with Gasteiger partial charge in [-0.15, -0.1) is 0 Å². The van der Waals surface area contributed by atoms with E-state index in [2.05, 4.69) is 36.3 Å². The second-order valence-corrected chi connectivity index (χ2v) is 10.9. The van der Waals surface area contributed by atoms with Crippen LogP contribution in [0.4, 0.5) is 0 Å². The summed E-state index contributed by atoms with van der Waals surface area (Å²) in [5.74, 6) is -2.69. The summed E-state index contributed by atoms with van der Waals surface area (Å²) < 4.78 is 0.737. The molecule has 17 nitrogen and oxygen atoms in total. The van der Waals surface area contributed by atoms with E-state index in [9.17, 15) is 24.0 Å². The highest BCUT2D eigenvalue weighted by Crippen LogP contribution is 2.07. The molecule has 0 fully saturated rings. The second-order valence-electron chi connectivity index (χ2n) is 10.9. The summed E-state index contributed by atoms with van der Waals surface area (Å²) in [6.45, 7) is 0.666. The first-order valence-corrected chi connectivity index (χ1v) is 14.0. The smallest absolute Gasteiger partial charge is 0.243 e. The van der Waals surface area contributed by atoms with Gasteiger partial charge in [0.15, 0.2) is 5.96 Å². The van der Waals surface area contributed by atoms with Crippen LogP contribution in [0.25, 0.3) is 10.4 Å². The van der Waals surface area contributed by atoms with Crippen molar-refractivity contribution >= 4 is 35.5 Å². The van der Waals surface area contributed by atoms with E-state index in [1.165, 1.54) is 0 Å². The molecule has 0 radical (unpaired) electrons. The van der Waals surface area contributed by atoms with Crippen molar-refractivity contribution in [1.29, 1.82) is 0 Å². The van der Waals surface area contributed by atoms with Crippen LogP contribution in [0, 0.1) is 0 Å². The zero-order chi connectivity index (χ0) is 32.0. The van der Waals surface area contributed by atoms with E-state index in [1.54, 1.807) is 0 Å². The van der Waals surface area contributed by atoms with E-state index in [-0.39, 0.29) is 37.8 Å². The minimum absolute atomic E-state index is 0.108. The molecule has 17 heteroatoms. The summed E-state index contributed by atoms with van der Waals surface area (Å²) in [6, 6.07) is -2.00. The molecular formula is C25H49N12O5+. The van der Waals surface area contributed by atoms with Gasteiger partial charge in [-0.05, 0) is 50.5 Å². The summed E-state index contributed by atoms with van der Waals surface area (Å²) in [6.07, 6.45) is 4.52. The quantitative estimate of drug-likeness (QED) is 0.0139. The number of nitrogens with two attached hydrogens (primary N) is 3. The number of quaternary nitrogens is 1. The number of amides is 5. The van der Waals surface area contributed by atoms with Crippen molar-refractivity contribution in [2.24, 2.45) is 27.3 Å². The molecule has 0 aliphatic heterocycles. The number of carbonyl (C=O) groups is 5. The molecule has 10 N–H and O–H groups in total. The lowest BCUT2D eigenvalue weighted by molar-refractivity contribution is -0.870. The fourth-order valence-electron chi connectivity index (χ4n) is 3.77. The van der Waals surface area contributed by atoms with Gasteiger partial charge < -0.3 is 43.0 Å². The number of azide groups is 1. The van der Waals surface area contributed by atoms with Gasteiger partial charge in [-0.2, -0.15) is 0 Å². The Labute approximate surface area is 247 Å². The van der Waals surface area contributed by atoms with E-state index in [0.29, 0.717) is 38.6 Å². The SMILES string of the molecule is C[N+](C)(C)CCCC[C@H](NC(=O)CN=[N+]=[N-])C(=O)N[C@@H](CCCN=C(N)N)C(=O)NCC(=O)NCCCCCC(N)=O. The van der Waals surface area contributed by atoms with Crippen LogP contribution >= 0.6 is 0 Å². The number of primary amides is 1. The first-order chi connectivity index (χ1) is 19.7. The Morgan fingerprint density at radius 1 is 0.810 bits per heavy atom. The van der Waals surface area contributed by atoms with Crippen molar-refractivity contribution in [2.75, 3.05) is 53.9 Å². The highest BCUT2D eigenvalue weighted by Gasteiger charge is 2.27. The maximum Gasteiger partial charge on any atom is 0.243 e. The Morgan fingerprint density at radius 3 is 2.10 bits per heavy atom. The van der Waals surface area contributed by atoms with Gasteiger partial charge in [-0.1, -0.05) is 11.5 Å². The monoisotopic (exact) mass is 597 g/mol. The van der Waals surface area contributed by atoms with Gasteiger partial charge >= 0.3 is 0 Å². The average Bonchev–Trinajstić information content (AvgIpc) is 2.90. The van der Waals surface area contributed by atoms with Gasteiger partial charge in [-0.25, -0.2) is 0 Å². The number of rotatable bonds is 23. The standard InChI is InChI=1S/C25H48N12O5/c1-37(2,3)15-8-6-10-19(34-22(40)17-33-36-29)24(42)35-18(11-9-14-31-25(27)28)23(41)32-16-21(39)30-13-7-4-5-12-20(26)38/h18-19H,4-17H2,1-3H3,(H9-,26,27,28,30,31,32,34,35,38,39,40,41,42)/p+1/t18-,19-/m0/s1. The van der Waals surface area contributed by atoms with Crippen LogP contribution in [0.2, 0.25) is 0 Å². The number of nitrogens with one attached hydrogen (secondary N) is 4. The van der Waals surface area contributed by atoms with Crippen molar-refractivity contribution in [3.63, 3.8) is 0 Å². The van der Waals surface area contributed by atoms with Gasteiger partial charge in [-0.3, -0.25) is 29.0 Å². The summed E-state index contributed by atoms with van der Waals surface area (Å²) in [5.41, 5.74) is 24.3. The van der Waals surface area contributed by atoms with Crippen LogP contribution in [0.1, 0.15) is 57.8 Å². The number of carbonyl (C=O) groups excluding carboxylic acids is 5. The molecule has 0 aromatic carbocycles. The number of hydrogen-bond donors (Lipinski definition) is 7. The van der Waals surface area contributed by atoms with Crippen molar-refractivity contribution in [2.45, 2.75) is 69.9 Å². The molecule has 0 aliphatic rings. The second kappa shape index (κ2) is 21.6. The fourth-order valence-corrected chi connectivity index (χ4v) is 3.77. The first kappa shape index (κ1) is 37.9. The Balaban J connectivity index is 5.24. The minimum atomic E-state index is -1.03. The maximum atomic E-state index is 13.2. The van der Waals surface area contributed by atoms with E-state index in [4.69, 9.17) is 22.7 Å². The summed E-state index contributed by atoms with van der Waals surface area (Å²) in [5, 5.41) is 13.7. The molecule has 0 aliphatic carbocycles. The molecule has 0 heterocycles. The zero-order valence-electron chi connectivity index (χ0n) is 25.1. The maximum absolute atomic E-state index is 13.2. The molecule has 0 saturated carbocycles. The van der Waals surface area contributed by atoms with Crippen LogP contribution in [-0.4, -0.2) is 106 Å². The van der Waals surface area contributed by atoms with E-state index < -0.39 is 42.3 Å². The van der Waals surface area contributed by atoms with Gasteiger partial charge in [0.2, 0.25) is 29.5 Å². The third-order valence-electron chi connectivity index (χ3n) is 5.92. The predicted octanol–water partition coefficient (Wildman–Crippen LogP) is -1.53. The first-order valence-electron chi connectivity index (χ1n) is 14.0. The van der Waals surface area contributed by atoms with Gasteiger partial charge in [0.1, 0.15) is 18.6 Å². The van der Waals surface area contributed by atoms with Gasteiger partial charge in [0.05, 0.1) is 34.2 Å².